The van der Waals surface area contributed by atoms with Crippen LogP contribution in [0.1, 0.15) is 25.0 Å². The van der Waals surface area contributed by atoms with Crippen molar-refractivity contribution in [1.82, 2.24) is 24.9 Å². The van der Waals surface area contributed by atoms with Crippen LogP contribution in [0, 0.1) is 0 Å². The summed E-state index contributed by atoms with van der Waals surface area (Å²) in [6.07, 6.45) is 6.69. The van der Waals surface area contributed by atoms with E-state index in [4.69, 9.17) is 4.42 Å². The highest BCUT2D eigenvalue weighted by Crippen LogP contribution is 2.24. The van der Waals surface area contributed by atoms with E-state index in [0.717, 1.165) is 31.0 Å². The zero-order chi connectivity index (χ0) is 14.0. The van der Waals surface area contributed by atoms with Crippen molar-refractivity contribution in [3.05, 3.63) is 30.2 Å². The standard InChI is InChI=1S/C13H19N5O2/c1-2-12-14-7-11(20-12)8-17-5-3-13(19,9-17)10-18-6-4-15-16-18/h4,6-7,19H,2-3,5,8-10H2,1H3. The highest BCUT2D eigenvalue weighted by atomic mass is 16.4. The first-order valence-electron chi connectivity index (χ1n) is 6.89. The molecule has 0 radical (unpaired) electrons. The molecular weight excluding hydrogens is 258 g/mol. The SMILES string of the molecule is CCc1ncc(CN2CCC(O)(Cn3ccnn3)C2)o1. The molecule has 3 rings (SSSR count). The Labute approximate surface area is 117 Å². The first-order valence-corrected chi connectivity index (χ1v) is 6.89. The second kappa shape index (κ2) is 5.34. The van der Waals surface area contributed by atoms with Gasteiger partial charge in [-0.2, -0.15) is 0 Å². The minimum Gasteiger partial charge on any atom is -0.444 e. The second-order valence-electron chi connectivity index (χ2n) is 5.36. The molecule has 1 unspecified atom stereocenters. The molecule has 0 amide bonds. The zero-order valence-corrected chi connectivity index (χ0v) is 11.6. The van der Waals surface area contributed by atoms with Crippen LogP contribution in [-0.2, 0) is 19.5 Å². The molecule has 1 atom stereocenters. The number of hydrogen-bond acceptors (Lipinski definition) is 6. The molecule has 2 aromatic heterocycles. The van der Waals surface area contributed by atoms with Gasteiger partial charge < -0.3 is 9.52 Å². The number of rotatable bonds is 5. The number of hydrogen-bond donors (Lipinski definition) is 1. The summed E-state index contributed by atoms with van der Waals surface area (Å²) in [5.41, 5.74) is -0.749. The molecule has 1 saturated heterocycles. The number of likely N-dealkylation sites (tertiary alicyclic amines) is 1. The molecule has 20 heavy (non-hydrogen) atoms. The normalized spacial score (nSPS) is 23.5. The van der Waals surface area contributed by atoms with E-state index in [1.807, 2.05) is 6.92 Å². The molecule has 0 bridgehead atoms. The number of aliphatic hydroxyl groups is 1. The number of β-amino-alcohol motifs (C(OH)–C–C–N with tert-alkyl or cyclic N) is 1. The zero-order valence-electron chi connectivity index (χ0n) is 11.6. The monoisotopic (exact) mass is 277 g/mol. The molecule has 0 aromatic carbocycles. The summed E-state index contributed by atoms with van der Waals surface area (Å²) < 4.78 is 7.28. The summed E-state index contributed by atoms with van der Waals surface area (Å²) in [6.45, 7) is 4.62. The van der Waals surface area contributed by atoms with Gasteiger partial charge in [-0.05, 0) is 6.42 Å². The molecule has 7 heteroatoms. The number of aromatic nitrogens is 4. The third kappa shape index (κ3) is 2.88. The van der Waals surface area contributed by atoms with E-state index in [1.54, 1.807) is 23.3 Å². The quantitative estimate of drug-likeness (QED) is 0.855. The Balaban J connectivity index is 1.58. The van der Waals surface area contributed by atoms with Crippen molar-refractivity contribution in [2.75, 3.05) is 13.1 Å². The van der Waals surface area contributed by atoms with Crippen LogP contribution < -0.4 is 0 Å². The Morgan fingerprint density at radius 1 is 1.50 bits per heavy atom. The Kier molecular flexibility index (Phi) is 3.54. The Morgan fingerprint density at radius 3 is 3.10 bits per heavy atom. The lowest BCUT2D eigenvalue weighted by atomic mass is 10.0. The summed E-state index contributed by atoms with van der Waals surface area (Å²) in [7, 11) is 0. The average Bonchev–Trinajstić information content (AvgIpc) is 3.13. The lowest BCUT2D eigenvalue weighted by Gasteiger charge is -2.22. The highest BCUT2D eigenvalue weighted by Gasteiger charge is 2.36. The molecule has 1 N–H and O–H groups in total. The van der Waals surface area contributed by atoms with Crippen LogP contribution in [0.3, 0.4) is 0 Å². The second-order valence-corrected chi connectivity index (χ2v) is 5.36. The molecule has 0 saturated carbocycles. The fourth-order valence-electron chi connectivity index (χ4n) is 2.63. The predicted octanol–water partition coefficient (Wildman–Crippen LogP) is 0.465. The maximum absolute atomic E-state index is 10.6. The predicted molar refractivity (Wildman–Crippen MR) is 70.7 cm³/mol. The summed E-state index contributed by atoms with van der Waals surface area (Å²) in [5, 5.41) is 18.3. The summed E-state index contributed by atoms with van der Waals surface area (Å²) in [4.78, 5) is 6.37. The average molecular weight is 277 g/mol. The van der Waals surface area contributed by atoms with E-state index in [9.17, 15) is 5.11 Å². The lowest BCUT2D eigenvalue weighted by Crippen LogP contribution is -2.37. The van der Waals surface area contributed by atoms with Gasteiger partial charge in [0.2, 0.25) is 0 Å². The van der Waals surface area contributed by atoms with Crippen LogP contribution in [0.2, 0.25) is 0 Å². The summed E-state index contributed by atoms with van der Waals surface area (Å²) in [6, 6.07) is 0. The van der Waals surface area contributed by atoms with Crippen LogP contribution in [-0.4, -0.2) is 48.7 Å². The molecule has 1 aliphatic rings. The molecule has 3 heterocycles. The number of oxazole rings is 1. The molecule has 108 valence electrons. The van der Waals surface area contributed by atoms with Crippen molar-refractivity contribution in [2.45, 2.75) is 38.5 Å². The number of nitrogens with zero attached hydrogens (tertiary/aromatic N) is 5. The van der Waals surface area contributed by atoms with Crippen molar-refractivity contribution in [3.8, 4) is 0 Å². The van der Waals surface area contributed by atoms with E-state index in [-0.39, 0.29) is 0 Å². The van der Waals surface area contributed by atoms with Gasteiger partial charge >= 0.3 is 0 Å². The molecule has 1 fully saturated rings. The van der Waals surface area contributed by atoms with Gasteiger partial charge in [-0.25, -0.2) is 9.67 Å². The van der Waals surface area contributed by atoms with Gasteiger partial charge in [0.05, 0.1) is 31.1 Å². The number of aryl methyl sites for hydroxylation is 1. The van der Waals surface area contributed by atoms with E-state index in [1.165, 1.54) is 0 Å². The van der Waals surface area contributed by atoms with Gasteiger partial charge in [-0.1, -0.05) is 12.1 Å². The van der Waals surface area contributed by atoms with Gasteiger partial charge in [-0.3, -0.25) is 4.90 Å². The first kappa shape index (κ1) is 13.3. The fourth-order valence-corrected chi connectivity index (χ4v) is 2.63. The van der Waals surface area contributed by atoms with E-state index < -0.39 is 5.60 Å². The molecule has 2 aromatic rings. The van der Waals surface area contributed by atoms with Gasteiger partial charge in [0.15, 0.2) is 5.89 Å². The summed E-state index contributed by atoms with van der Waals surface area (Å²) >= 11 is 0. The maximum Gasteiger partial charge on any atom is 0.194 e. The molecule has 1 aliphatic heterocycles. The van der Waals surface area contributed by atoms with Crippen molar-refractivity contribution in [3.63, 3.8) is 0 Å². The Morgan fingerprint density at radius 2 is 2.40 bits per heavy atom. The van der Waals surface area contributed by atoms with Crippen LogP contribution in [0.15, 0.2) is 23.0 Å². The van der Waals surface area contributed by atoms with Crippen molar-refractivity contribution < 1.29 is 9.52 Å². The molecular formula is C13H19N5O2. The first-order chi connectivity index (χ1) is 9.67. The molecule has 7 nitrogen and oxygen atoms in total. The van der Waals surface area contributed by atoms with Crippen LogP contribution >= 0.6 is 0 Å². The van der Waals surface area contributed by atoms with E-state index in [2.05, 4.69) is 20.2 Å². The maximum atomic E-state index is 10.6. The topological polar surface area (TPSA) is 80.2 Å². The minimum atomic E-state index is -0.749. The minimum absolute atomic E-state index is 0.472. The van der Waals surface area contributed by atoms with Gasteiger partial charge in [-0.15, -0.1) is 5.10 Å². The van der Waals surface area contributed by atoms with Gasteiger partial charge in [0, 0.05) is 25.7 Å². The smallest absolute Gasteiger partial charge is 0.194 e. The van der Waals surface area contributed by atoms with Gasteiger partial charge in [0.25, 0.3) is 0 Å². The van der Waals surface area contributed by atoms with E-state index in [0.29, 0.717) is 19.6 Å². The van der Waals surface area contributed by atoms with Crippen LogP contribution in [0.25, 0.3) is 0 Å². The Bertz CT molecular complexity index is 553. The molecule has 0 aliphatic carbocycles. The van der Waals surface area contributed by atoms with Crippen LogP contribution in [0.4, 0.5) is 0 Å². The fraction of sp³-hybridized carbons (Fsp3) is 0.615. The largest absolute Gasteiger partial charge is 0.444 e. The summed E-state index contributed by atoms with van der Waals surface area (Å²) in [5.74, 6) is 1.61. The van der Waals surface area contributed by atoms with Crippen molar-refractivity contribution >= 4 is 0 Å². The highest BCUT2D eigenvalue weighted by molar-refractivity contribution is 4.97. The third-order valence-corrected chi connectivity index (χ3v) is 3.62. The van der Waals surface area contributed by atoms with Gasteiger partial charge in [0.1, 0.15) is 5.76 Å². The lowest BCUT2D eigenvalue weighted by molar-refractivity contribution is 0.0268. The Hall–Kier alpha value is -1.73. The third-order valence-electron chi connectivity index (χ3n) is 3.62. The van der Waals surface area contributed by atoms with Crippen molar-refractivity contribution in [1.29, 1.82) is 0 Å². The molecule has 0 spiro atoms. The van der Waals surface area contributed by atoms with E-state index >= 15 is 0 Å². The van der Waals surface area contributed by atoms with Crippen LogP contribution in [0.5, 0.6) is 0 Å². The van der Waals surface area contributed by atoms with Crippen molar-refractivity contribution in [2.24, 2.45) is 0 Å².